The number of ketones is 1. The van der Waals surface area contributed by atoms with Crippen LogP contribution in [-0.4, -0.2) is 40.3 Å². The summed E-state index contributed by atoms with van der Waals surface area (Å²) in [4.78, 5) is 14.1. The van der Waals surface area contributed by atoms with Gasteiger partial charge in [-0.3, -0.25) is 9.69 Å². The molecule has 0 aromatic rings. The average Bonchev–Trinajstić information content (AvgIpc) is 2.72. The van der Waals surface area contributed by atoms with E-state index < -0.39 is 0 Å². The minimum atomic E-state index is 0.280. The fraction of sp³-hybridized carbons (Fsp3) is 0.917. The molecule has 2 atom stereocenters. The summed E-state index contributed by atoms with van der Waals surface area (Å²) in [7, 11) is 0. The molecule has 2 unspecified atom stereocenters. The molecule has 2 nitrogen and oxygen atoms in total. The maximum atomic E-state index is 11.6. The molecule has 1 heterocycles. The number of thioether (sulfide) groups is 1. The van der Waals surface area contributed by atoms with Crippen molar-refractivity contribution < 1.29 is 4.79 Å². The molecule has 1 aliphatic carbocycles. The molecule has 0 radical (unpaired) electrons. The highest BCUT2D eigenvalue weighted by molar-refractivity contribution is 8.00. The SMILES string of the molecule is CC(C)SC1CCN(C2CCCC2=O)C1. The molecule has 3 heteroatoms. The molecule has 2 rings (SSSR count). The zero-order valence-electron chi connectivity index (χ0n) is 9.74. The first kappa shape index (κ1) is 11.5. The first-order valence-electron chi connectivity index (χ1n) is 6.09. The van der Waals surface area contributed by atoms with Crippen LogP contribution >= 0.6 is 11.8 Å². The molecule has 2 aliphatic rings. The standard InChI is InChI=1S/C12H21NOS/c1-9(2)15-10-6-7-13(8-10)11-4-3-5-12(11)14/h9-11H,3-8H2,1-2H3. The zero-order chi connectivity index (χ0) is 10.8. The number of hydrogen-bond acceptors (Lipinski definition) is 3. The highest BCUT2D eigenvalue weighted by Crippen LogP contribution is 2.30. The first-order valence-corrected chi connectivity index (χ1v) is 7.03. The molecule has 1 aliphatic heterocycles. The van der Waals surface area contributed by atoms with Gasteiger partial charge in [-0.25, -0.2) is 0 Å². The van der Waals surface area contributed by atoms with E-state index in [0.717, 1.165) is 37.6 Å². The van der Waals surface area contributed by atoms with Gasteiger partial charge in [0.2, 0.25) is 0 Å². The molecule has 1 saturated heterocycles. The van der Waals surface area contributed by atoms with Crippen LogP contribution in [0.5, 0.6) is 0 Å². The molecule has 15 heavy (non-hydrogen) atoms. The molecule has 1 saturated carbocycles. The van der Waals surface area contributed by atoms with Gasteiger partial charge < -0.3 is 0 Å². The van der Waals surface area contributed by atoms with E-state index in [1.54, 1.807) is 0 Å². The van der Waals surface area contributed by atoms with E-state index in [1.807, 2.05) is 0 Å². The second-order valence-corrected chi connectivity index (χ2v) is 6.85. The van der Waals surface area contributed by atoms with Gasteiger partial charge in [-0.15, -0.1) is 0 Å². The normalized spacial score (nSPS) is 33.1. The summed E-state index contributed by atoms with van der Waals surface area (Å²) >= 11 is 2.07. The molecule has 86 valence electrons. The number of hydrogen-bond donors (Lipinski definition) is 0. The molecule has 2 fully saturated rings. The van der Waals surface area contributed by atoms with Crippen LogP contribution in [0.15, 0.2) is 0 Å². The number of rotatable bonds is 3. The smallest absolute Gasteiger partial charge is 0.149 e. The van der Waals surface area contributed by atoms with Gasteiger partial charge in [-0.05, 0) is 24.5 Å². The molecule has 0 spiro atoms. The molecule has 0 N–H and O–H groups in total. The van der Waals surface area contributed by atoms with Gasteiger partial charge in [0.15, 0.2) is 0 Å². The minimum absolute atomic E-state index is 0.280. The van der Waals surface area contributed by atoms with E-state index in [2.05, 4.69) is 30.5 Å². The van der Waals surface area contributed by atoms with Crippen molar-refractivity contribution in [3.8, 4) is 0 Å². The predicted molar refractivity (Wildman–Crippen MR) is 65.4 cm³/mol. The third-order valence-electron chi connectivity index (χ3n) is 3.35. The number of carbonyl (C=O) groups excluding carboxylic acids is 1. The van der Waals surface area contributed by atoms with Gasteiger partial charge >= 0.3 is 0 Å². The van der Waals surface area contributed by atoms with Crippen molar-refractivity contribution in [3.63, 3.8) is 0 Å². The quantitative estimate of drug-likeness (QED) is 0.738. The lowest BCUT2D eigenvalue weighted by atomic mass is 10.2. The number of Topliss-reactive ketones (excluding diaryl/α,β-unsaturated/α-hetero) is 1. The van der Waals surface area contributed by atoms with Crippen LogP contribution in [0.25, 0.3) is 0 Å². The van der Waals surface area contributed by atoms with Gasteiger partial charge in [-0.1, -0.05) is 13.8 Å². The summed E-state index contributed by atoms with van der Waals surface area (Å²) in [6.45, 7) is 6.79. The van der Waals surface area contributed by atoms with Crippen LogP contribution < -0.4 is 0 Å². The highest BCUT2D eigenvalue weighted by Gasteiger charge is 2.34. The Morgan fingerprint density at radius 2 is 2.20 bits per heavy atom. The Labute approximate surface area is 96.8 Å². The molecular weight excluding hydrogens is 206 g/mol. The second-order valence-electron chi connectivity index (χ2n) is 4.96. The van der Waals surface area contributed by atoms with E-state index in [0.29, 0.717) is 11.0 Å². The predicted octanol–water partition coefficient (Wildman–Crippen LogP) is 2.32. The number of nitrogens with zero attached hydrogens (tertiary/aromatic N) is 1. The number of likely N-dealkylation sites (tertiary alicyclic amines) is 1. The summed E-state index contributed by atoms with van der Waals surface area (Å²) in [5.41, 5.74) is 0. The Morgan fingerprint density at radius 1 is 1.40 bits per heavy atom. The first-order chi connectivity index (χ1) is 7.16. The van der Waals surface area contributed by atoms with E-state index in [4.69, 9.17) is 0 Å². The summed E-state index contributed by atoms with van der Waals surface area (Å²) in [5.74, 6) is 0.491. The van der Waals surface area contributed by atoms with Gasteiger partial charge in [0.1, 0.15) is 5.78 Å². The molecular formula is C12H21NOS. The van der Waals surface area contributed by atoms with E-state index >= 15 is 0 Å². The summed E-state index contributed by atoms with van der Waals surface area (Å²) in [6.07, 6.45) is 4.32. The van der Waals surface area contributed by atoms with Crippen LogP contribution in [0.2, 0.25) is 0 Å². The van der Waals surface area contributed by atoms with E-state index in [-0.39, 0.29) is 6.04 Å². The van der Waals surface area contributed by atoms with Gasteiger partial charge in [0, 0.05) is 24.8 Å². The fourth-order valence-corrected chi connectivity index (χ4v) is 4.01. The lowest BCUT2D eigenvalue weighted by molar-refractivity contribution is -0.121. The van der Waals surface area contributed by atoms with E-state index in [1.165, 1.54) is 6.42 Å². The fourth-order valence-electron chi connectivity index (χ4n) is 2.72. The van der Waals surface area contributed by atoms with Crippen molar-refractivity contribution in [2.75, 3.05) is 13.1 Å². The maximum Gasteiger partial charge on any atom is 0.149 e. The van der Waals surface area contributed by atoms with Crippen LogP contribution in [0.3, 0.4) is 0 Å². The highest BCUT2D eigenvalue weighted by atomic mass is 32.2. The van der Waals surface area contributed by atoms with Crippen molar-refractivity contribution in [1.82, 2.24) is 4.90 Å². The third-order valence-corrected chi connectivity index (χ3v) is 4.67. The van der Waals surface area contributed by atoms with Crippen LogP contribution in [0, 0.1) is 0 Å². The molecule has 0 aromatic heterocycles. The van der Waals surface area contributed by atoms with Crippen molar-refractivity contribution >= 4 is 17.5 Å². The topological polar surface area (TPSA) is 20.3 Å². The van der Waals surface area contributed by atoms with Crippen LogP contribution in [0.4, 0.5) is 0 Å². The van der Waals surface area contributed by atoms with Gasteiger partial charge in [0.05, 0.1) is 6.04 Å². The summed E-state index contributed by atoms with van der Waals surface area (Å²) in [6, 6.07) is 0.280. The lowest BCUT2D eigenvalue weighted by Gasteiger charge is -2.22. The monoisotopic (exact) mass is 227 g/mol. The molecule has 0 amide bonds. The van der Waals surface area contributed by atoms with Crippen molar-refractivity contribution in [3.05, 3.63) is 0 Å². The largest absolute Gasteiger partial charge is 0.298 e. The lowest BCUT2D eigenvalue weighted by Crippen LogP contribution is -2.36. The van der Waals surface area contributed by atoms with Gasteiger partial charge in [0.25, 0.3) is 0 Å². The van der Waals surface area contributed by atoms with E-state index in [9.17, 15) is 4.79 Å². The zero-order valence-corrected chi connectivity index (χ0v) is 10.6. The molecule has 0 aromatic carbocycles. The Bertz CT molecular complexity index is 242. The summed E-state index contributed by atoms with van der Waals surface area (Å²) < 4.78 is 0. The van der Waals surface area contributed by atoms with Crippen LogP contribution in [-0.2, 0) is 4.79 Å². The Balaban J connectivity index is 1.84. The maximum absolute atomic E-state index is 11.6. The van der Waals surface area contributed by atoms with Crippen molar-refractivity contribution in [2.24, 2.45) is 0 Å². The van der Waals surface area contributed by atoms with Crippen molar-refractivity contribution in [2.45, 2.75) is 56.1 Å². The average molecular weight is 227 g/mol. The molecule has 0 bridgehead atoms. The Kier molecular flexibility index (Phi) is 3.73. The van der Waals surface area contributed by atoms with Crippen molar-refractivity contribution in [1.29, 1.82) is 0 Å². The summed E-state index contributed by atoms with van der Waals surface area (Å²) in [5, 5.41) is 1.48. The number of carbonyl (C=O) groups is 1. The van der Waals surface area contributed by atoms with Crippen LogP contribution in [0.1, 0.15) is 39.5 Å². The van der Waals surface area contributed by atoms with Gasteiger partial charge in [-0.2, -0.15) is 11.8 Å². The minimum Gasteiger partial charge on any atom is -0.298 e. The Morgan fingerprint density at radius 3 is 2.80 bits per heavy atom. The second kappa shape index (κ2) is 4.88. The third kappa shape index (κ3) is 2.76. The Hall–Kier alpha value is -0.0200.